The quantitative estimate of drug-likeness (QED) is 0.152. The highest BCUT2D eigenvalue weighted by Crippen LogP contribution is 2.52. The molecule has 0 radical (unpaired) electrons. The van der Waals surface area contributed by atoms with Crippen molar-refractivity contribution >= 4 is 56.1 Å². The molecule has 11 aromatic rings. The summed E-state index contributed by atoms with van der Waals surface area (Å²) >= 11 is 0. The largest absolute Gasteiger partial charge is 0.456 e. The molecule has 9 aromatic carbocycles. The molecule has 68 heavy (non-hydrogen) atoms. The van der Waals surface area contributed by atoms with Crippen molar-refractivity contribution in [2.45, 2.75) is 38.5 Å². The van der Waals surface area contributed by atoms with E-state index in [-0.39, 0.29) is 10.8 Å². The van der Waals surface area contributed by atoms with E-state index in [2.05, 4.69) is 256 Å². The zero-order chi connectivity index (χ0) is 45.7. The minimum Gasteiger partial charge on any atom is -0.456 e. The van der Waals surface area contributed by atoms with Gasteiger partial charge in [0.15, 0.2) is 0 Å². The lowest BCUT2D eigenvalue weighted by atomic mass is 9.82. The van der Waals surface area contributed by atoms with Gasteiger partial charge in [0.05, 0.1) is 0 Å². The molecule has 2 aliphatic rings. The van der Waals surface area contributed by atoms with Gasteiger partial charge in [-0.05, 0) is 166 Å². The second-order valence-electron chi connectivity index (χ2n) is 19.4. The van der Waals surface area contributed by atoms with Crippen molar-refractivity contribution in [3.63, 3.8) is 0 Å². The maximum absolute atomic E-state index is 6.58. The first kappa shape index (κ1) is 40.0. The Kier molecular flexibility index (Phi) is 8.88. The van der Waals surface area contributed by atoms with Gasteiger partial charge in [0, 0.05) is 66.9 Å². The summed E-state index contributed by atoms with van der Waals surface area (Å²) in [4.78, 5) is 4.68. The molecule has 2 aromatic heterocycles. The maximum atomic E-state index is 6.58. The molecule has 0 spiro atoms. The number of nitrogens with zero attached hydrogens (tertiary/aromatic N) is 2. The number of fused-ring (bicyclic) bond motifs is 8. The lowest BCUT2D eigenvalue weighted by Crippen LogP contribution is -2.16. The number of furan rings is 2. The van der Waals surface area contributed by atoms with Gasteiger partial charge < -0.3 is 18.6 Å². The molecule has 0 amide bonds. The average molecular weight is 877 g/mol. The smallest absolute Gasteiger partial charge is 0.135 e. The van der Waals surface area contributed by atoms with Crippen LogP contribution in [0.5, 0.6) is 0 Å². The molecule has 0 atom stereocenters. The fraction of sp³-hybridized carbons (Fsp3) is 0.0938. The van der Waals surface area contributed by atoms with E-state index in [9.17, 15) is 0 Å². The Hall–Kier alpha value is -8.34. The highest BCUT2D eigenvalue weighted by atomic mass is 16.3. The Morgan fingerprint density at radius 3 is 1.04 bits per heavy atom. The maximum Gasteiger partial charge on any atom is 0.135 e. The van der Waals surface area contributed by atoms with Crippen LogP contribution in [0.15, 0.2) is 227 Å². The van der Waals surface area contributed by atoms with Crippen molar-refractivity contribution < 1.29 is 8.83 Å². The van der Waals surface area contributed by atoms with Gasteiger partial charge in [-0.25, -0.2) is 0 Å². The highest BCUT2D eigenvalue weighted by Gasteiger charge is 2.37. The van der Waals surface area contributed by atoms with Gasteiger partial charge in [0.1, 0.15) is 22.7 Å². The van der Waals surface area contributed by atoms with E-state index in [1.807, 2.05) is 0 Å². The van der Waals surface area contributed by atoms with Crippen LogP contribution in [-0.4, -0.2) is 0 Å². The summed E-state index contributed by atoms with van der Waals surface area (Å²) in [5.41, 5.74) is 20.8. The first-order valence-electron chi connectivity index (χ1n) is 23.6. The molecular weight excluding hydrogens is 829 g/mol. The van der Waals surface area contributed by atoms with Gasteiger partial charge in [-0.2, -0.15) is 0 Å². The van der Waals surface area contributed by atoms with Crippen molar-refractivity contribution in [3.05, 3.63) is 241 Å². The minimum absolute atomic E-state index is 0.0920. The molecule has 0 N–H and O–H groups in total. The summed E-state index contributed by atoms with van der Waals surface area (Å²) in [5.74, 6) is 1.63. The van der Waals surface area contributed by atoms with Crippen LogP contribution in [-0.2, 0) is 10.8 Å². The lowest BCUT2D eigenvalue weighted by molar-refractivity contribution is 0.627. The molecule has 4 heteroatoms. The molecule has 0 saturated carbocycles. The summed E-state index contributed by atoms with van der Waals surface area (Å²) in [6.07, 6.45) is 0. The second kappa shape index (κ2) is 15.1. The molecule has 0 aliphatic heterocycles. The Bertz CT molecular complexity index is 3430. The van der Waals surface area contributed by atoms with E-state index in [1.165, 1.54) is 44.5 Å². The van der Waals surface area contributed by atoms with E-state index in [0.717, 1.165) is 78.7 Å². The third kappa shape index (κ3) is 6.28. The zero-order valence-corrected chi connectivity index (χ0v) is 38.5. The summed E-state index contributed by atoms with van der Waals surface area (Å²) in [6.45, 7) is 9.34. The summed E-state index contributed by atoms with van der Waals surface area (Å²) in [7, 11) is 0. The Balaban J connectivity index is 0.784. The van der Waals surface area contributed by atoms with Gasteiger partial charge in [0.2, 0.25) is 0 Å². The van der Waals surface area contributed by atoms with E-state index in [1.54, 1.807) is 0 Å². The molecule has 2 aliphatic carbocycles. The van der Waals surface area contributed by atoms with E-state index >= 15 is 0 Å². The van der Waals surface area contributed by atoms with Crippen LogP contribution in [0.3, 0.4) is 0 Å². The van der Waals surface area contributed by atoms with Crippen LogP contribution >= 0.6 is 0 Å². The predicted octanol–water partition coefficient (Wildman–Crippen LogP) is 18.1. The predicted molar refractivity (Wildman–Crippen MR) is 281 cm³/mol. The second-order valence-corrected chi connectivity index (χ2v) is 19.4. The number of benzene rings is 9. The molecule has 0 bridgehead atoms. The number of hydrogen-bond acceptors (Lipinski definition) is 4. The molecule has 0 unspecified atom stereocenters. The summed E-state index contributed by atoms with van der Waals surface area (Å²) in [6, 6.07) is 78.5. The Labute approximate surface area is 397 Å². The van der Waals surface area contributed by atoms with Gasteiger partial charge in [-0.15, -0.1) is 0 Å². The highest BCUT2D eigenvalue weighted by molar-refractivity contribution is 5.97. The number of para-hydroxylation sites is 2. The van der Waals surface area contributed by atoms with Crippen LogP contribution in [0.2, 0.25) is 0 Å². The number of hydrogen-bond donors (Lipinski definition) is 0. The van der Waals surface area contributed by atoms with Gasteiger partial charge in [0.25, 0.3) is 0 Å². The molecular formula is C64H48N2O2. The molecule has 0 fully saturated rings. The Morgan fingerprint density at radius 2 is 0.632 bits per heavy atom. The first-order valence-corrected chi connectivity index (χ1v) is 23.6. The molecule has 13 rings (SSSR count). The van der Waals surface area contributed by atoms with E-state index < -0.39 is 0 Å². The van der Waals surface area contributed by atoms with Crippen LogP contribution < -0.4 is 9.80 Å². The minimum atomic E-state index is -0.0920. The summed E-state index contributed by atoms with van der Waals surface area (Å²) < 4.78 is 13.2. The monoisotopic (exact) mass is 876 g/mol. The topological polar surface area (TPSA) is 32.8 Å². The van der Waals surface area contributed by atoms with Crippen LogP contribution in [0.1, 0.15) is 49.9 Å². The van der Waals surface area contributed by atoms with Gasteiger partial charge >= 0.3 is 0 Å². The molecule has 4 nitrogen and oxygen atoms in total. The third-order valence-corrected chi connectivity index (χ3v) is 14.7. The Morgan fingerprint density at radius 1 is 0.294 bits per heavy atom. The van der Waals surface area contributed by atoms with Gasteiger partial charge in [-0.3, -0.25) is 0 Å². The van der Waals surface area contributed by atoms with Crippen molar-refractivity contribution in [1.82, 2.24) is 0 Å². The van der Waals surface area contributed by atoms with Crippen molar-refractivity contribution in [2.75, 3.05) is 9.80 Å². The standard InChI is InChI=1S/C64H48N2O2/c1-63(2)55-21-13-11-19-51(55)53-33-31-49(39-57(53)63)65(45-15-7-5-8-16-45)47-27-23-41(24-28-47)59-35-43-37-62-44(38-61(43)67-59)36-60(68-62)42-25-29-48(30-26-42)66(46-17-9-6-10-18-46)50-32-34-54-52-20-12-14-22-56(52)64(3,4)58(54)40-50/h5-40H,1-4H3. The van der Waals surface area contributed by atoms with Crippen molar-refractivity contribution in [1.29, 1.82) is 0 Å². The normalized spacial score (nSPS) is 13.8. The molecule has 326 valence electrons. The fourth-order valence-electron chi connectivity index (χ4n) is 11.1. The third-order valence-electron chi connectivity index (χ3n) is 14.7. The van der Waals surface area contributed by atoms with Crippen molar-refractivity contribution in [3.8, 4) is 44.9 Å². The SMILES string of the molecule is CC1(C)c2ccccc2-c2ccc(N(c3ccccc3)c3ccc(-c4cc5cc6oc(-c7ccc(N(c8ccccc8)c8ccc9c(c8)C(C)(C)c8ccccc8-9)cc7)cc6cc5o4)cc3)cc21. The number of anilines is 6. The number of rotatable bonds is 8. The van der Waals surface area contributed by atoms with Crippen LogP contribution in [0.4, 0.5) is 34.1 Å². The summed E-state index contributed by atoms with van der Waals surface area (Å²) in [5, 5.41) is 2.00. The van der Waals surface area contributed by atoms with Crippen LogP contribution in [0.25, 0.3) is 66.8 Å². The lowest BCUT2D eigenvalue weighted by Gasteiger charge is -2.28. The van der Waals surface area contributed by atoms with E-state index in [4.69, 9.17) is 8.83 Å². The van der Waals surface area contributed by atoms with Crippen LogP contribution in [0, 0.1) is 0 Å². The fourth-order valence-corrected chi connectivity index (χ4v) is 11.1. The average Bonchev–Trinajstić information content (AvgIpc) is 4.11. The zero-order valence-electron chi connectivity index (χ0n) is 38.5. The van der Waals surface area contributed by atoms with Gasteiger partial charge in [-0.1, -0.05) is 125 Å². The van der Waals surface area contributed by atoms with Crippen molar-refractivity contribution in [2.24, 2.45) is 0 Å². The molecule has 2 heterocycles. The molecule has 0 saturated heterocycles. The first-order chi connectivity index (χ1) is 33.2. The van der Waals surface area contributed by atoms with E-state index in [0.29, 0.717) is 0 Å².